The van der Waals surface area contributed by atoms with E-state index in [1.165, 1.54) is 19.3 Å². The van der Waals surface area contributed by atoms with E-state index in [2.05, 4.69) is 10.3 Å². The average Bonchev–Trinajstić information content (AvgIpc) is 2.59. The van der Waals surface area contributed by atoms with Crippen molar-refractivity contribution in [1.29, 1.82) is 0 Å². The maximum atomic E-state index is 6.26. The van der Waals surface area contributed by atoms with Gasteiger partial charge in [0.1, 0.15) is 5.75 Å². The van der Waals surface area contributed by atoms with Crippen molar-refractivity contribution in [2.75, 3.05) is 33.4 Å². The van der Waals surface area contributed by atoms with Gasteiger partial charge in [-0.15, -0.1) is 24.0 Å². The number of guanidine groups is 1. The van der Waals surface area contributed by atoms with Crippen molar-refractivity contribution in [3.63, 3.8) is 0 Å². The lowest BCUT2D eigenvalue weighted by molar-refractivity contribution is 0.0523. The van der Waals surface area contributed by atoms with E-state index in [0.717, 1.165) is 36.6 Å². The number of nitrogens with zero attached hydrogens (tertiary/aromatic N) is 1. The monoisotopic (exact) mass is 493 g/mol. The highest BCUT2D eigenvalue weighted by molar-refractivity contribution is 14.0. The number of nitrogens with two attached hydrogens (primary N) is 1. The Morgan fingerprint density at radius 2 is 2.12 bits per heavy atom. The number of nitrogens with one attached hydrogen (secondary N) is 1. The summed E-state index contributed by atoms with van der Waals surface area (Å²) in [7, 11) is 1.69. The molecule has 1 aromatic rings. The lowest BCUT2D eigenvalue weighted by atomic mass is 9.73. The minimum atomic E-state index is -0.155. The lowest BCUT2D eigenvalue weighted by Gasteiger charge is -2.37. The number of ether oxygens (including phenoxy) is 2. The number of rotatable bonds is 6. The van der Waals surface area contributed by atoms with Gasteiger partial charge in [0.05, 0.1) is 13.7 Å². The molecule has 0 amide bonds. The molecule has 1 aliphatic heterocycles. The average molecular weight is 494 g/mol. The van der Waals surface area contributed by atoms with Crippen molar-refractivity contribution in [3.8, 4) is 5.75 Å². The van der Waals surface area contributed by atoms with Gasteiger partial charge in [0, 0.05) is 35.8 Å². The zero-order valence-electron chi connectivity index (χ0n) is 15.3. The fraction of sp³-hybridized carbons (Fsp3) is 0.632. The van der Waals surface area contributed by atoms with Gasteiger partial charge in [-0.25, -0.2) is 0 Å². The van der Waals surface area contributed by atoms with Gasteiger partial charge in [-0.3, -0.25) is 4.99 Å². The number of benzene rings is 1. The summed E-state index contributed by atoms with van der Waals surface area (Å²) in [5, 5.41) is 3.98. The highest BCUT2D eigenvalue weighted by Gasteiger charge is 2.37. The molecule has 5 nitrogen and oxygen atoms in total. The summed E-state index contributed by atoms with van der Waals surface area (Å²) in [5.74, 6) is 2.13. The van der Waals surface area contributed by atoms with Crippen molar-refractivity contribution in [3.05, 3.63) is 28.8 Å². The van der Waals surface area contributed by atoms with E-state index in [9.17, 15) is 0 Å². The summed E-state index contributed by atoms with van der Waals surface area (Å²) < 4.78 is 11.2. The van der Waals surface area contributed by atoms with E-state index in [-0.39, 0.29) is 29.4 Å². The summed E-state index contributed by atoms with van der Waals surface area (Å²) in [5.41, 5.74) is 7.05. The van der Waals surface area contributed by atoms with Crippen LogP contribution in [0.2, 0.25) is 5.02 Å². The Morgan fingerprint density at radius 1 is 1.38 bits per heavy atom. The van der Waals surface area contributed by atoms with Crippen LogP contribution in [0.4, 0.5) is 0 Å². The Balaban J connectivity index is 0.00000243. The second-order valence-electron chi connectivity index (χ2n) is 7.12. The molecule has 3 rings (SSSR count). The number of hydrogen-bond acceptors (Lipinski definition) is 3. The third-order valence-corrected chi connectivity index (χ3v) is 5.77. The second-order valence-corrected chi connectivity index (χ2v) is 7.55. The topological polar surface area (TPSA) is 68.9 Å². The zero-order chi connectivity index (χ0) is 17.7. The van der Waals surface area contributed by atoms with Gasteiger partial charge >= 0.3 is 0 Å². The minimum absolute atomic E-state index is 0. The molecule has 1 saturated carbocycles. The molecule has 0 aromatic heterocycles. The normalized spacial score (nSPS) is 20.0. The van der Waals surface area contributed by atoms with Gasteiger partial charge in [0.2, 0.25) is 0 Å². The van der Waals surface area contributed by atoms with Gasteiger partial charge in [0.25, 0.3) is 0 Å². The fourth-order valence-corrected chi connectivity index (χ4v) is 3.78. The molecule has 2 fully saturated rings. The van der Waals surface area contributed by atoms with E-state index in [1.807, 2.05) is 18.2 Å². The molecule has 1 saturated heterocycles. The highest BCUT2D eigenvalue weighted by atomic mass is 127. The Hall–Kier alpha value is -0.730. The molecule has 0 radical (unpaired) electrons. The minimum Gasteiger partial charge on any atom is -0.496 e. The quantitative estimate of drug-likeness (QED) is 0.360. The van der Waals surface area contributed by atoms with Gasteiger partial charge in [-0.1, -0.05) is 18.0 Å². The van der Waals surface area contributed by atoms with Crippen LogP contribution in [0.15, 0.2) is 23.2 Å². The van der Waals surface area contributed by atoms with E-state index in [1.54, 1.807) is 7.11 Å². The van der Waals surface area contributed by atoms with Crippen molar-refractivity contribution >= 4 is 41.5 Å². The van der Waals surface area contributed by atoms with Crippen molar-refractivity contribution in [2.45, 2.75) is 37.5 Å². The van der Waals surface area contributed by atoms with E-state index >= 15 is 0 Å². The van der Waals surface area contributed by atoms with Crippen LogP contribution in [-0.4, -0.2) is 39.4 Å². The van der Waals surface area contributed by atoms with Crippen molar-refractivity contribution < 1.29 is 9.47 Å². The molecular formula is C19H29ClIN3O2. The van der Waals surface area contributed by atoms with Crippen LogP contribution in [0.1, 0.15) is 37.7 Å². The molecule has 0 bridgehead atoms. The Kier molecular flexibility index (Phi) is 8.29. The molecule has 1 heterocycles. The first kappa shape index (κ1) is 21.6. The van der Waals surface area contributed by atoms with Gasteiger partial charge in [-0.2, -0.15) is 0 Å². The SMILES string of the molecule is COc1ccc(Cl)cc1C1(CN=C(N)NCC2CCC2)CCOCC1.I. The summed E-state index contributed by atoms with van der Waals surface area (Å²) in [6, 6.07) is 5.78. The van der Waals surface area contributed by atoms with Crippen LogP contribution >= 0.6 is 35.6 Å². The third-order valence-electron chi connectivity index (χ3n) is 5.53. The van der Waals surface area contributed by atoms with E-state index < -0.39 is 0 Å². The standard InChI is InChI=1S/C19H28ClN3O2.HI/c1-24-17-6-5-15(20)11-16(17)19(7-9-25-10-8-19)13-23-18(21)22-12-14-3-2-4-14;/h5-6,11,14H,2-4,7-10,12-13H2,1H3,(H3,21,22,23);1H. The predicted molar refractivity (Wildman–Crippen MR) is 117 cm³/mol. The second kappa shape index (κ2) is 9.99. The zero-order valence-corrected chi connectivity index (χ0v) is 18.4. The first-order valence-corrected chi connectivity index (χ1v) is 9.46. The number of aliphatic imine (C=N–C) groups is 1. The number of halogens is 2. The lowest BCUT2D eigenvalue weighted by Crippen LogP contribution is -2.41. The summed E-state index contributed by atoms with van der Waals surface area (Å²) in [4.78, 5) is 4.66. The Bertz CT molecular complexity index is 617. The molecule has 0 spiro atoms. The Morgan fingerprint density at radius 3 is 2.73 bits per heavy atom. The van der Waals surface area contributed by atoms with Crippen LogP contribution in [0, 0.1) is 5.92 Å². The fourth-order valence-electron chi connectivity index (χ4n) is 3.61. The van der Waals surface area contributed by atoms with Crippen LogP contribution in [0.5, 0.6) is 5.75 Å². The van der Waals surface area contributed by atoms with Crippen LogP contribution in [0.25, 0.3) is 0 Å². The largest absolute Gasteiger partial charge is 0.496 e. The predicted octanol–water partition coefficient (Wildman–Crippen LogP) is 3.72. The summed E-state index contributed by atoms with van der Waals surface area (Å²) in [6.45, 7) is 2.95. The summed E-state index contributed by atoms with van der Waals surface area (Å²) in [6.07, 6.45) is 5.68. The summed E-state index contributed by atoms with van der Waals surface area (Å²) >= 11 is 6.26. The van der Waals surface area contributed by atoms with Gasteiger partial charge in [0.15, 0.2) is 5.96 Å². The maximum Gasteiger partial charge on any atom is 0.188 e. The van der Waals surface area contributed by atoms with Crippen LogP contribution in [0.3, 0.4) is 0 Å². The molecule has 146 valence electrons. The number of hydrogen-bond donors (Lipinski definition) is 2. The molecule has 1 aromatic carbocycles. The Labute approximate surface area is 178 Å². The van der Waals surface area contributed by atoms with Gasteiger partial charge in [-0.05, 0) is 49.8 Å². The van der Waals surface area contributed by atoms with Crippen LogP contribution < -0.4 is 15.8 Å². The molecule has 7 heteroatoms. The molecule has 26 heavy (non-hydrogen) atoms. The molecular weight excluding hydrogens is 465 g/mol. The molecule has 0 atom stereocenters. The molecule has 0 unspecified atom stereocenters. The number of methoxy groups -OCH3 is 1. The highest BCUT2D eigenvalue weighted by Crippen LogP contribution is 2.41. The molecule has 2 aliphatic rings. The first-order valence-electron chi connectivity index (χ1n) is 9.08. The van der Waals surface area contributed by atoms with Crippen molar-refractivity contribution in [2.24, 2.45) is 16.6 Å². The van der Waals surface area contributed by atoms with Gasteiger partial charge < -0.3 is 20.5 Å². The maximum absolute atomic E-state index is 6.26. The van der Waals surface area contributed by atoms with Crippen LogP contribution in [-0.2, 0) is 10.2 Å². The molecule has 3 N–H and O–H groups in total. The smallest absolute Gasteiger partial charge is 0.188 e. The molecule has 1 aliphatic carbocycles. The van der Waals surface area contributed by atoms with E-state index in [4.69, 9.17) is 26.8 Å². The van der Waals surface area contributed by atoms with Crippen molar-refractivity contribution in [1.82, 2.24) is 5.32 Å². The third kappa shape index (κ3) is 5.16. The van der Waals surface area contributed by atoms with E-state index in [0.29, 0.717) is 30.7 Å². The first-order chi connectivity index (χ1) is 12.1.